The molecule has 0 saturated carbocycles. The van der Waals surface area contributed by atoms with E-state index in [9.17, 15) is 10.1 Å². The second-order valence-corrected chi connectivity index (χ2v) is 5.57. The monoisotopic (exact) mass is 307 g/mol. The number of aryl methyl sites for hydroxylation is 1. The van der Waals surface area contributed by atoms with Crippen LogP contribution in [0.3, 0.4) is 0 Å². The zero-order valence-electron chi connectivity index (χ0n) is 11.4. The Morgan fingerprint density at radius 2 is 2.29 bits per heavy atom. The number of nitro groups is 1. The topological polar surface area (TPSA) is 77.1 Å². The van der Waals surface area contributed by atoms with Crippen molar-refractivity contribution >= 4 is 23.1 Å². The van der Waals surface area contributed by atoms with E-state index in [1.54, 1.807) is 4.68 Å². The van der Waals surface area contributed by atoms with E-state index < -0.39 is 4.92 Å². The Labute approximate surface area is 126 Å². The van der Waals surface area contributed by atoms with Crippen molar-refractivity contribution in [3.05, 3.63) is 45.4 Å². The van der Waals surface area contributed by atoms with Gasteiger partial charge in [-0.2, -0.15) is 5.10 Å². The van der Waals surface area contributed by atoms with Crippen LogP contribution >= 0.6 is 11.6 Å². The van der Waals surface area contributed by atoms with Gasteiger partial charge >= 0.3 is 5.69 Å². The molecule has 7 nitrogen and oxygen atoms in total. The second-order valence-electron chi connectivity index (χ2n) is 5.13. The van der Waals surface area contributed by atoms with Gasteiger partial charge in [-0.05, 0) is 12.0 Å². The molecule has 1 fully saturated rings. The molecule has 1 aliphatic heterocycles. The molecule has 0 aromatic carbocycles. The van der Waals surface area contributed by atoms with E-state index in [-0.39, 0.29) is 10.7 Å². The maximum absolute atomic E-state index is 11.2. The fourth-order valence-corrected chi connectivity index (χ4v) is 2.83. The predicted molar refractivity (Wildman–Crippen MR) is 78.7 cm³/mol. The number of nitrogens with zero attached hydrogens (tertiary/aromatic N) is 5. The van der Waals surface area contributed by atoms with Gasteiger partial charge in [0.2, 0.25) is 5.82 Å². The van der Waals surface area contributed by atoms with Crippen LogP contribution in [0.15, 0.2) is 24.7 Å². The summed E-state index contributed by atoms with van der Waals surface area (Å²) in [6.07, 6.45) is 6.20. The molecule has 0 bridgehead atoms. The summed E-state index contributed by atoms with van der Waals surface area (Å²) >= 11 is 5.80. The third-order valence-corrected chi connectivity index (χ3v) is 3.90. The average molecular weight is 308 g/mol. The Hall–Kier alpha value is -2.15. The largest absolute Gasteiger partial charge is 0.350 e. The van der Waals surface area contributed by atoms with Gasteiger partial charge in [0, 0.05) is 44.5 Å². The van der Waals surface area contributed by atoms with Crippen LogP contribution in [-0.2, 0) is 7.05 Å². The van der Waals surface area contributed by atoms with E-state index in [1.807, 2.05) is 24.3 Å². The number of hydrogen-bond acceptors (Lipinski definition) is 5. The first kappa shape index (κ1) is 13.8. The molecule has 1 aliphatic rings. The van der Waals surface area contributed by atoms with Crippen molar-refractivity contribution in [2.24, 2.45) is 7.05 Å². The van der Waals surface area contributed by atoms with Gasteiger partial charge in [-0.3, -0.25) is 14.8 Å². The molecule has 3 rings (SSSR count). The minimum Gasteiger partial charge on any atom is -0.350 e. The molecule has 2 aromatic rings. The lowest BCUT2D eigenvalue weighted by molar-refractivity contribution is -0.384. The summed E-state index contributed by atoms with van der Waals surface area (Å²) in [7, 11) is 1.88. The summed E-state index contributed by atoms with van der Waals surface area (Å²) in [6.45, 7) is 1.43. The summed E-state index contributed by atoms with van der Waals surface area (Å²) in [6, 6.07) is 1.35. The number of halogens is 1. The van der Waals surface area contributed by atoms with Crippen LogP contribution in [0, 0.1) is 10.1 Å². The Kier molecular flexibility index (Phi) is 3.50. The van der Waals surface area contributed by atoms with E-state index in [1.165, 1.54) is 12.3 Å². The van der Waals surface area contributed by atoms with Crippen LogP contribution in [0.2, 0.25) is 5.02 Å². The van der Waals surface area contributed by atoms with Crippen LogP contribution in [0.1, 0.15) is 17.9 Å². The summed E-state index contributed by atoms with van der Waals surface area (Å²) in [5.41, 5.74) is 1.10. The predicted octanol–water partition coefficient (Wildman–Crippen LogP) is 2.37. The summed E-state index contributed by atoms with van der Waals surface area (Å²) in [4.78, 5) is 16.8. The molecular weight excluding hydrogens is 294 g/mol. The number of pyridine rings is 1. The van der Waals surface area contributed by atoms with Gasteiger partial charge < -0.3 is 4.90 Å². The fraction of sp³-hybridized carbons (Fsp3) is 0.385. The van der Waals surface area contributed by atoms with Crippen molar-refractivity contribution in [1.82, 2.24) is 14.8 Å². The number of anilines is 1. The van der Waals surface area contributed by atoms with Crippen LogP contribution in [0.5, 0.6) is 0 Å². The van der Waals surface area contributed by atoms with Gasteiger partial charge in [-0.15, -0.1) is 0 Å². The lowest BCUT2D eigenvalue weighted by Gasteiger charge is -2.17. The van der Waals surface area contributed by atoms with Gasteiger partial charge in [0.15, 0.2) is 0 Å². The van der Waals surface area contributed by atoms with Crippen LogP contribution in [0.4, 0.5) is 11.5 Å². The molecule has 110 valence electrons. The third-order valence-electron chi connectivity index (χ3n) is 3.69. The van der Waals surface area contributed by atoms with E-state index in [0.29, 0.717) is 18.3 Å². The maximum atomic E-state index is 11.2. The van der Waals surface area contributed by atoms with Crippen molar-refractivity contribution in [3.63, 3.8) is 0 Å². The van der Waals surface area contributed by atoms with Crippen molar-refractivity contribution in [1.29, 1.82) is 0 Å². The van der Waals surface area contributed by atoms with Crippen molar-refractivity contribution in [3.8, 4) is 0 Å². The molecule has 1 atom stereocenters. The highest BCUT2D eigenvalue weighted by Gasteiger charge is 2.30. The Balaban J connectivity index is 1.85. The first-order chi connectivity index (χ1) is 10.0. The van der Waals surface area contributed by atoms with Crippen molar-refractivity contribution in [2.45, 2.75) is 12.3 Å². The quantitative estimate of drug-likeness (QED) is 0.642. The van der Waals surface area contributed by atoms with E-state index in [0.717, 1.165) is 18.5 Å². The SMILES string of the molecule is Cn1cc(C2CCN(c3ncc(Cl)cc3[N+](=O)[O-])C2)cn1. The van der Waals surface area contributed by atoms with Crippen molar-refractivity contribution < 1.29 is 4.92 Å². The lowest BCUT2D eigenvalue weighted by Crippen LogP contribution is -2.21. The molecule has 0 aliphatic carbocycles. The summed E-state index contributed by atoms with van der Waals surface area (Å²) in [5, 5.41) is 15.6. The molecule has 1 saturated heterocycles. The number of rotatable bonds is 3. The standard InChI is InChI=1S/C13H14ClN5O2/c1-17-7-10(5-16-17)9-2-3-18(8-9)13-12(19(20)21)4-11(14)6-15-13/h4-7,9H,2-3,8H2,1H3. The van der Waals surface area contributed by atoms with Crippen LogP contribution in [-0.4, -0.2) is 32.8 Å². The highest BCUT2D eigenvalue weighted by Crippen LogP contribution is 2.35. The minimum atomic E-state index is -0.439. The Morgan fingerprint density at radius 1 is 1.48 bits per heavy atom. The van der Waals surface area contributed by atoms with E-state index in [4.69, 9.17) is 11.6 Å². The molecule has 1 unspecified atom stereocenters. The molecule has 0 N–H and O–H groups in total. The highest BCUT2D eigenvalue weighted by atomic mass is 35.5. The van der Waals surface area contributed by atoms with E-state index >= 15 is 0 Å². The molecule has 0 spiro atoms. The minimum absolute atomic E-state index is 0.0469. The summed E-state index contributed by atoms with van der Waals surface area (Å²) in [5.74, 6) is 0.701. The maximum Gasteiger partial charge on any atom is 0.313 e. The molecule has 8 heteroatoms. The normalized spacial score (nSPS) is 18.2. The van der Waals surface area contributed by atoms with Gasteiger partial charge in [0.25, 0.3) is 0 Å². The zero-order valence-corrected chi connectivity index (χ0v) is 12.2. The van der Waals surface area contributed by atoms with E-state index in [2.05, 4.69) is 10.1 Å². The molecule has 2 aromatic heterocycles. The molecule has 0 radical (unpaired) electrons. The molecular formula is C13H14ClN5O2. The smallest absolute Gasteiger partial charge is 0.313 e. The lowest BCUT2D eigenvalue weighted by atomic mass is 10.0. The van der Waals surface area contributed by atoms with Gasteiger partial charge in [0.05, 0.1) is 16.1 Å². The second kappa shape index (κ2) is 5.33. The highest BCUT2D eigenvalue weighted by molar-refractivity contribution is 6.30. The van der Waals surface area contributed by atoms with Crippen LogP contribution in [0.25, 0.3) is 0 Å². The fourth-order valence-electron chi connectivity index (χ4n) is 2.68. The zero-order chi connectivity index (χ0) is 15.0. The molecule has 3 heterocycles. The third kappa shape index (κ3) is 2.69. The number of hydrogen-bond donors (Lipinski definition) is 0. The first-order valence-corrected chi connectivity index (χ1v) is 6.96. The first-order valence-electron chi connectivity index (χ1n) is 6.58. The molecule has 0 amide bonds. The Bertz CT molecular complexity index is 687. The Morgan fingerprint density at radius 3 is 2.95 bits per heavy atom. The van der Waals surface area contributed by atoms with Crippen molar-refractivity contribution in [2.75, 3.05) is 18.0 Å². The number of aromatic nitrogens is 3. The molecule has 21 heavy (non-hydrogen) atoms. The average Bonchev–Trinajstić information content (AvgIpc) is 3.07. The van der Waals surface area contributed by atoms with Gasteiger partial charge in [-0.1, -0.05) is 11.6 Å². The summed E-state index contributed by atoms with van der Waals surface area (Å²) < 4.78 is 1.76. The van der Waals surface area contributed by atoms with Crippen LogP contribution < -0.4 is 4.90 Å². The van der Waals surface area contributed by atoms with Gasteiger partial charge in [0.1, 0.15) is 0 Å². The van der Waals surface area contributed by atoms with Gasteiger partial charge in [-0.25, -0.2) is 4.98 Å².